The number of amides is 1. The molecule has 1 amide bonds. The van der Waals surface area contributed by atoms with Crippen LogP contribution in [0.3, 0.4) is 0 Å². The summed E-state index contributed by atoms with van der Waals surface area (Å²) in [5.74, 6) is -0.662. The zero-order valence-electron chi connectivity index (χ0n) is 19.6. The number of nitrogens with one attached hydrogen (secondary N) is 1. The molecular formula is C24H25Cl2N3O5S2. The number of nitrogens with zero attached hydrogens (tertiary/aromatic N) is 2. The third-order valence-corrected chi connectivity index (χ3v) is 9.95. The molecule has 0 aromatic heterocycles. The molecule has 0 unspecified atom stereocenters. The van der Waals surface area contributed by atoms with Crippen LogP contribution in [0.2, 0.25) is 10.0 Å². The molecule has 0 bridgehead atoms. The first kappa shape index (κ1) is 27.9. The van der Waals surface area contributed by atoms with E-state index in [-0.39, 0.29) is 25.5 Å². The van der Waals surface area contributed by atoms with Crippen molar-refractivity contribution in [2.75, 3.05) is 29.3 Å². The Morgan fingerprint density at radius 2 is 1.36 bits per heavy atom. The summed E-state index contributed by atoms with van der Waals surface area (Å²) >= 11 is 12.4. The van der Waals surface area contributed by atoms with E-state index < -0.39 is 32.5 Å². The van der Waals surface area contributed by atoms with E-state index in [0.717, 1.165) is 4.31 Å². The minimum absolute atomic E-state index is 0.0163. The predicted octanol–water partition coefficient (Wildman–Crippen LogP) is 4.86. The smallest absolute Gasteiger partial charge is 0.264 e. The number of hydrogen-bond donors (Lipinski definition) is 1. The van der Waals surface area contributed by atoms with Crippen molar-refractivity contribution in [3.8, 4) is 0 Å². The van der Waals surface area contributed by atoms with Crippen molar-refractivity contribution in [1.82, 2.24) is 4.31 Å². The van der Waals surface area contributed by atoms with Gasteiger partial charge in [0.15, 0.2) is 0 Å². The maximum absolute atomic E-state index is 13.4. The number of rotatable bonds is 10. The third-order valence-electron chi connectivity index (χ3n) is 5.30. The molecule has 0 aliphatic heterocycles. The molecule has 0 heterocycles. The molecule has 0 saturated heterocycles. The molecule has 3 aromatic rings. The van der Waals surface area contributed by atoms with Crippen LogP contribution in [-0.2, 0) is 24.8 Å². The molecule has 3 aromatic carbocycles. The molecule has 0 spiro atoms. The molecule has 0 fully saturated rings. The van der Waals surface area contributed by atoms with Crippen LogP contribution >= 0.6 is 23.2 Å². The van der Waals surface area contributed by atoms with Crippen molar-refractivity contribution in [1.29, 1.82) is 0 Å². The standard InChI is InChI=1S/C24H25Cl2N3O5S2/c1-3-28(4-2)35(31,32)20-15-13-18(14-16-20)27-23(30)17-29(22-12-8-11-21(25)24(22)26)36(33,34)19-9-6-5-7-10-19/h5-16H,3-4,17H2,1-2H3,(H,27,30). The van der Waals surface area contributed by atoms with Gasteiger partial charge in [-0.1, -0.05) is 61.3 Å². The molecule has 0 saturated carbocycles. The Hall–Kier alpha value is -2.63. The van der Waals surface area contributed by atoms with E-state index in [2.05, 4.69) is 5.32 Å². The van der Waals surface area contributed by atoms with Gasteiger partial charge in [0, 0.05) is 18.8 Å². The lowest BCUT2D eigenvalue weighted by Gasteiger charge is -2.25. The molecule has 0 radical (unpaired) electrons. The minimum Gasteiger partial charge on any atom is -0.325 e. The van der Waals surface area contributed by atoms with Crippen molar-refractivity contribution in [3.63, 3.8) is 0 Å². The van der Waals surface area contributed by atoms with Crippen LogP contribution in [0, 0.1) is 0 Å². The van der Waals surface area contributed by atoms with Gasteiger partial charge in [0.05, 0.1) is 25.5 Å². The maximum atomic E-state index is 13.4. The second-order valence-corrected chi connectivity index (χ2v) is 12.1. The quantitative estimate of drug-likeness (QED) is 0.375. The van der Waals surface area contributed by atoms with Crippen LogP contribution in [0.25, 0.3) is 0 Å². The van der Waals surface area contributed by atoms with E-state index in [9.17, 15) is 21.6 Å². The fourth-order valence-corrected chi connectivity index (χ4v) is 6.82. The van der Waals surface area contributed by atoms with Crippen molar-refractivity contribution >= 4 is 60.5 Å². The van der Waals surface area contributed by atoms with E-state index in [1.165, 1.54) is 58.9 Å². The summed E-state index contributed by atoms with van der Waals surface area (Å²) in [4.78, 5) is 13.0. The summed E-state index contributed by atoms with van der Waals surface area (Å²) in [5, 5.41) is 2.72. The van der Waals surface area contributed by atoms with Gasteiger partial charge in [-0.2, -0.15) is 4.31 Å². The van der Waals surface area contributed by atoms with Gasteiger partial charge >= 0.3 is 0 Å². The Balaban J connectivity index is 1.89. The summed E-state index contributed by atoms with van der Waals surface area (Å²) in [6.45, 7) is 3.55. The highest BCUT2D eigenvalue weighted by Crippen LogP contribution is 2.35. The maximum Gasteiger partial charge on any atom is 0.264 e. The van der Waals surface area contributed by atoms with Crippen LogP contribution in [0.1, 0.15) is 13.8 Å². The lowest BCUT2D eigenvalue weighted by molar-refractivity contribution is -0.114. The second kappa shape index (κ2) is 11.6. The molecular weight excluding hydrogens is 545 g/mol. The number of hydrogen-bond acceptors (Lipinski definition) is 5. The Bertz CT molecular complexity index is 1430. The predicted molar refractivity (Wildman–Crippen MR) is 143 cm³/mol. The van der Waals surface area contributed by atoms with Gasteiger partial charge in [-0.3, -0.25) is 9.10 Å². The van der Waals surface area contributed by atoms with Crippen molar-refractivity contribution in [2.24, 2.45) is 0 Å². The monoisotopic (exact) mass is 569 g/mol. The third kappa shape index (κ3) is 6.01. The van der Waals surface area contributed by atoms with Gasteiger partial charge in [-0.25, -0.2) is 16.8 Å². The van der Waals surface area contributed by atoms with Crippen LogP contribution in [0.5, 0.6) is 0 Å². The first-order valence-electron chi connectivity index (χ1n) is 10.9. The van der Waals surface area contributed by atoms with Gasteiger partial charge in [-0.15, -0.1) is 0 Å². The van der Waals surface area contributed by atoms with Gasteiger partial charge in [0.2, 0.25) is 15.9 Å². The highest BCUT2D eigenvalue weighted by molar-refractivity contribution is 7.93. The number of anilines is 2. The summed E-state index contributed by atoms with van der Waals surface area (Å²) in [6.07, 6.45) is 0. The Morgan fingerprint density at radius 1 is 0.778 bits per heavy atom. The van der Waals surface area contributed by atoms with Crippen LogP contribution in [0.4, 0.5) is 11.4 Å². The van der Waals surface area contributed by atoms with Crippen molar-refractivity contribution in [3.05, 3.63) is 82.8 Å². The van der Waals surface area contributed by atoms with E-state index in [1.54, 1.807) is 32.0 Å². The fourth-order valence-electron chi connectivity index (χ4n) is 3.46. The number of benzene rings is 3. The Kier molecular flexibility index (Phi) is 9.02. The van der Waals surface area contributed by atoms with Crippen LogP contribution in [0.15, 0.2) is 82.6 Å². The number of carbonyl (C=O) groups excluding carboxylic acids is 1. The van der Waals surface area contributed by atoms with E-state index in [1.807, 2.05) is 0 Å². The first-order chi connectivity index (χ1) is 17.0. The lowest BCUT2D eigenvalue weighted by atomic mass is 10.3. The van der Waals surface area contributed by atoms with Crippen LogP contribution < -0.4 is 9.62 Å². The minimum atomic E-state index is -4.18. The largest absolute Gasteiger partial charge is 0.325 e. The highest BCUT2D eigenvalue weighted by Gasteiger charge is 2.29. The van der Waals surface area contributed by atoms with Gasteiger partial charge in [0.25, 0.3) is 10.0 Å². The summed E-state index contributed by atoms with van der Waals surface area (Å²) in [7, 11) is -7.83. The highest BCUT2D eigenvalue weighted by atomic mass is 35.5. The molecule has 36 heavy (non-hydrogen) atoms. The van der Waals surface area contributed by atoms with Crippen LogP contribution in [-0.4, -0.2) is 46.7 Å². The Morgan fingerprint density at radius 3 is 1.94 bits per heavy atom. The van der Waals surface area contributed by atoms with Gasteiger partial charge < -0.3 is 5.32 Å². The molecule has 8 nitrogen and oxygen atoms in total. The zero-order valence-corrected chi connectivity index (χ0v) is 22.7. The van der Waals surface area contributed by atoms with Gasteiger partial charge in [0.1, 0.15) is 6.54 Å². The average Bonchev–Trinajstić information content (AvgIpc) is 2.86. The number of halogens is 2. The topological polar surface area (TPSA) is 104 Å². The summed E-state index contributed by atoms with van der Waals surface area (Å²) in [6, 6.07) is 17.8. The first-order valence-corrected chi connectivity index (χ1v) is 14.6. The zero-order chi connectivity index (χ0) is 26.5. The van der Waals surface area contributed by atoms with E-state index in [0.29, 0.717) is 18.8 Å². The van der Waals surface area contributed by atoms with Crippen molar-refractivity contribution < 1.29 is 21.6 Å². The number of sulfonamides is 2. The molecule has 0 atom stereocenters. The molecule has 12 heteroatoms. The molecule has 192 valence electrons. The average molecular weight is 571 g/mol. The summed E-state index contributed by atoms with van der Waals surface area (Å²) in [5.41, 5.74) is 0.344. The van der Waals surface area contributed by atoms with Gasteiger partial charge in [-0.05, 0) is 48.5 Å². The normalized spacial score (nSPS) is 11.9. The molecule has 0 aliphatic rings. The second-order valence-electron chi connectivity index (χ2n) is 7.56. The molecule has 1 N–H and O–H groups in total. The summed E-state index contributed by atoms with van der Waals surface area (Å²) < 4.78 is 54.4. The molecule has 0 aliphatic carbocycles. The molecule has 3 rings (SSSR count). The lowest BCUT2D eigenvalue weighted by Crippen LogP contribution is -2.38. The SMILES string of the molecule is CCN(CC)S(=O)(=O)c1ccc(NC(=O)CN(c2cccc(Cl)c2Cl)S(=O)(=O)c2ccccc2)cc1. The fraction of sp³-hybridized carbons (Fsp3) is 0.208. The number of carbonyl (C=O) groups is 1. The van der Waals surface area contributed by atoms with Crippen molar-refractivity contribution in [2.45, 2.75) is 23.6 Å². The van der Waals surface area contributed by atoms with E-state index in [4.69, 9.17) is 23.2 Å². The van der Waals surface area contributed by atoms with E-state index >= 15 is 0 Å². The Labute approximate surface area is 221 Å².